The molecule has 0 aliphatic carbocycles. The van der Waals surface area contributed by atoms with Crippen LogP contribution in [0, 0.1) is 0 Å². The quantitative estimate of drug-likeness (QED) is 0.248. The topological polar surface area (TPSA) is 92.8 Å². The predicted octanol–water partition coefficient (Wildman–Crippen LogP) is 1.53. The molecule has 0 spiro atoms. The number of esters is 1. The van der Waals surface area contributed by atoms with Gasteiger partial charge in [0.05, 0.1) is 0 Å². The monoisotopic (exact) mass is 360 g/mol. The molecule has 26 heavy (non-hydrogen) atoms. The molecule has 0 bridgehead atoms. The third kappa shape index (κ3) is 7.40. The van der Waals surface area contributed by atoms with E-state index in [0.29, 0.717) is 6.29 Å². The van der Waals surface area contributed by atoms with Crippen LogP contribution in [0.3, 0.4) is 0 Å². The Morgan fingerprint density at radius 2 is 1.81 bits per heavy atom. The number of hydrazine groups is 1. The normalized spacial score (nSPS) is 12.5. The summed E-state index contributed by atoms with van der Waals surface area (Å²) in [6.07, 6.45) is 3.12. The molecule has 140 valence electrons. The molecule has 1 N–H and O–H groups in total. The molecular weight excluding hydrogens is 336 g/mol. The maximum absolute atomic E-state index is 12.3. The van der Waals surface area contributed by atoms with Gasteiger partial charge in [-0.05, 0) is 32.4 Å². The molecule has 0 saturated carbocycles. The summed E-state index contributed by atoms with van der Waals surface area (Å²) in [6, 6.07) is 7.67. The Morgan fingerprint density at radius 1 is 1.19 bits per heavy atom. The Labute approximate surface area is 153 Å². The number of hydrogen-bond acceptors (Lipinski definition) is 6. The van der Waals surface area contributed by atoms with Crippen molar-refractivity contribution in [1.29, 1.82) is 0 Å². The zero-order valence-corrected chi connectivity index (χ0v) is 15.4. The Kier molecular flexibility index (Phi) is 7.86. The van der Waals surface area contributed by atoms with Crippen LogP contribution in [-0.2, 0) is 23.9 Å². The fraction of sp³-hybridized carbons (Fsp3) is 0.368. The minimum atomic E-state index is -1.38. The van der Waals surface area contributed by atoms with Crippen molar-refractivity contribution in [1.82, 2.24) is 10.4 Å². The van der Waals surface area contributed by atoms with Gasteiger partial charge in [-0.3, -0.25) is 19.4 Å². The molecule has 1 aromatic carbocycles. The van der Waals surface area contributed by atoms with Gasteiger partial charge in [0.1, 0.15) is 12.1 Å². The van der Waals surface area contributed by atoms with E-state index in [1.54, 1.807) is 39.0 Å². The zero-order valence-electron chi connectivity index (χ0n) is 15.4. The molecule has 0 fully saturated rings. The Morgan fingerprint density at radius 3 is 2.31 bits per heavy atom. The maximum Gasteiger partial charge on any atom is 0.322 e. The van der Waals surface area contributed by atoms with Crippen LogP contribution >= 0.6 is 0 Å². The van der Waals surface area contributed by atoms with Gasteiger partial charge < -0.3 is 9.53 Å². The Hall–Kier alpha value is -2.80. The first-order chi connectivity index (χ1) is 12.1. The molecule has 0 aliphatic heterocycles. The molecule has 0 aromatic heterocycles. The second kappa shape index (κ2) is 9.62. The molecule has 7 heteroatoms. The van der Waals surface area contributed by atoms with Crippen LogP contribution in [0.2, 0.25) is 0 Å². The molecule has 1 amide bonds. The first kappa shape index (κ1) is 21.2. The fourth-order valence-electron chi connectivity index (χ4n) is 2.03. The largest absolute Gasteiger partial charge is 0.459 e. The molecule has 1 atom stereocenters. The number of nitrogens with one attached hydrogen (secondary N) is 1. The second-order valence-electron chi connectivity index (χ2n) is 6.54. The molecular formula is C19H24N2O5. The maximum atomic E-state index is 12.3. The van der Waals surface area contributed by atoms with Gasteiger partial charge in [-0.25, -0.2) is 5.43 Å². The number of ether oxygens (including phenoxy) is 1. The Balaban J connectivity index is 2.79. The number of carbonyl (C=O) groups excluding carboxylic acids is 4. The van der Waals surface area contributed by atoms with E-state index >= 15 is 0 Å². The molecule has 7 nitrogen and oxygen atoms in total. The van der Waals surface area contributed by atoms with E-state index in [1.807, 2.05) is 18.2 Å². The first-order valence-corrected chi connectivity index (χ1v) is 8.11. The van der Waals surface area contributed by atoms with Crippen LogP contribution in [0.5, 0.6) is 0 Å². The number of rotatable bonds is 8. The van der Waals surface area contributed by atoms with Crippen LogP contribution in [0.4, 0.5) is 0 Å². The molecule has 0 saturated heterocycles. The third-order valence-corrected chi connectivity index (χ3v) is 3.09. The standard InChI is InChI=1S/C19H24N2O5/c1-14(23)21(20-12-18(25)26-19(2,3)4)16(13-22)17(24)11-10-15-8-6-5-7-9-15/h5-11,13,16,20H,12H2,1-4H3. The minimum Gasteiger partial charge on any atom is -0.459 e. The summed E-state index contributed by atoms with van der Waals surface area (Å²) in [6.45, 7) is 5.96. The van der Waals surface area contributed by atoms with Crippen molar-refractivity contribution in [3.05, 3.63) is 42.0 Å². The number of amides is 1. The van der Waals surface area contributed by atoms with Crippen molar-refractivity contribution in [2.24, 2.45) is 0 Å². The lowest BCUT2D eigenvalue weighted by molar-refractivity contribution is -0.156. The van der Waals surface area contributed by atoms with Crippen molar-refractivity contribution in [2.45, 2.75) is 39.3 Å². The first-order valence-electron chi connectivity index (χ1n) is 8.11. The van der Waals surface area contributed by atoms with Crippen LogP contribution in [0.25, 0.3) is 6.08 Å². The van der Waals surface area contributed by atoms with Crippen molar-refractivity contribution < 1.29 is 23.9 Å². The summed E-state index contributed by atoms with van der Waals surface area (Å²) < 4.78 is 5.12. The lowest BCUT2D eigenvalue weighted by atomic mass is 10.1. The van der Waals surface area contributed by atoms with E-state index in [4.69, 9.17) is 4.74 Å². The highest BCUT2D eigenvalue weighted by Crippen LogP contribution is 2.07. The minimum absolute atomic E-state index is 0.348. The molecule has 0 aliphatic rings. The van der Waals surface area contributed by atoms with E-state index in [2.05, 4.69) is 5.43 Å². The van der Waals surface area contributed by atoms with E-state index in [-0.39, 0.29) is 6.54 Å². The zero-order chi connectivity index (χ0) is 19.7. The summed E-state index contributed by atoms with van der Waals surface area (Å²) >= 11 is 0. The highest BCUT2D eigenvalue weighted by atomic mass is 16.6. The van der Waals surface area contributed by atoms with Crippen LogP contribution in [0.15, 0.2) is 36.4 Å². The summed E-state index contributed by atoms with van der Waals surface area (Å²) in [5.74, 6) is -1.77. The Bertz CT molecular complexity index is 677. The summed E-state index contributed by atoms with van der Waals surface area (Å²) in [5.41, 5.74) is 2.59. The third-order valence-electron chi connectivity index (χ3n) is 3.09. The number of aldehydes is 1. The van der Waals surface area contributed by atoms with E-state index in [9.17, 15) is 19.2 Å². The van der Waals surface area contributed by atoms with Crippen molar-refractivity contribution >= 4 is 30.0 Å². The number of ketones is 1. The summed E-state index contributed by atoms with van der Waals surface area (Å²) in [5, 5.41) is 0.828. The summed E-state index contributed by atoms with van der Waals surface area (Å²) in [7, 11) is 0. The van der Waals surface area contributed by atoms with Gasteiger partial charge in [-0.2, -0.15) is 0 Å². The average molecular weight is 360 g/mol. The van der Waals surface area contributed by atoms with Crippen LogP contribution in [0.1, 0.15) is 33.3 Å². The SMILES string of the molecule is CC(=O)N(NCC(=O)OC(C)(C)C)C(C=O)C(=O)C=Cc1ccccc1. The highest BCUT2D eigenvalue weighted by molar-refractivity contribution is 6.08. The summed E-state index contributed by atoms with van der Waals surface area (Å²) in [4.78, 5) is 47.2. The smallest absolute Gasteiger partial charge is 0.322 e. The average Bonchev–Trinajstić information content (AvgIpc) is 2.55. The number of carbonyl (C=O) groups is 4. The molecule has 0 radical (unpaired) electrons. The van der Waals surface area contributed by atoms with E-state index in [0.717, 1.165) is 10.6 Å². The van der Waals surface area contributed by atoms with Crippen molar-refractivity contribution in [3.63, 3.8) is 0 Å². The van der Waals surface area contributed by atoms with Crippen LogP contribution < -0.4 is 5.43 Å². The molecule has 1 unspecified atom stereocenters. The van der Waals surface area contributed by atoms with Gasteiger partial charge in [-0.1, -0.05) is 36.4 Å². The highest BCUT2D eigenvalue weighted by Gasteiger charge is 2.27. The van der Waals surface area contributed by atoms with Gasteiger partial charge >= 0.3 is 5.97 Å². The van der Waals surface area contributed by atoms with Gasteiger partial charge in [0.2, 0.25) is 5.91 Å². The van der Waals surface area contributed by atoms with Crippen molar-refractivity contribution in [2.75, 3.05) is 6.54 Å². The predicted molar refractivity (Wildman–Crippen MR) is 96.7 cm³/mol. The fourth-order valence-corrected chi connectivity index (χ4v) is 2.03. The number of benzene rings is 1. The van der Waals surface area contributed by atoms with Crippen LogP contribution in [-0.4, -0.2) is 47.1 Å². The second-order valence-corrected chi connectivity index (χ2v) is 6.54. The van der Waals surface area contributed by atoms with Gasteiger partial charge in [0, 0.05) is 6.92 Å². The lowest BCUT2D eigenvalue weighted by Gasteiger charge is -2.26. The molecule has 1 aromatic rings. The van der Waals surface area contributed by atoms with Gasteiger partial charge in [-0.15, -0.1) is 0 Å². The van der Waals surface area contributed by atoms with E-state index in [1.165, 1.54) is 13.0 Å². The number of nitrogens with zero attached hydrogens (tertiary/aromatic N) is 1. The van der Waals surface area contributed by atoms with E-state index < -0.39 is 29.3 Å². The number of hydrogen-bond donors (Lipinski definition) is 1. The van der Waals surface area contributed by atoms with Crippen molar-refractivity contribution in [3.8, 4) is 0 Å². The molecule has 0 heterocycles. The molecule has 1 rings (SSSR count). The lowest BCUT2D eigenvalue weighted by Crippen LogP contribution is -2.54. The van der Waals surface area contributed by atoms with Gasteiger partial charge in [0.25, 0.3) is 0 Å². The van der Waals surface area contributed by atoms with Gasteiger partial charge in [0.15, 0.2) is 18.1 Å².